The Balaban J connectivity index is 3.01. The van der Waals surface area contributed by atoms with Crippen molar-refractivity contribution < 1.29 is 4.39 Å². The van der Waals surface area contributed by atoms with E-state index in [0.717, 1.165) is 0 Å². The van der Waals surface area contributed by atoms with E-state index in [2.05, 4.69) is 4.99 Å². The van der Waals surface area contributed by atoms with Gasteiger partial charge in [-0.05, 0) is 24.5 Å². The van der Waals surface area contributed by atoms with Gasteiger partial charge in [0.1, 0.15) is 5.82 Å². The fourth-order valence-corrected chi connectivity index (χ4v) is 1.16. The van der Waals surface area contributed by atoms with Crippen molar-refractivity contribution >= 4 is 22.6 Å². The highest BCUT2D eigenvalue weighted by Gasteiger charge is 2.01. The second kappa shape index (κ2) is 4.97. The molecule has 1 aromatic carbocycles. The predicted octanol–water partition coefficient (Wildman–Crippen LogP) is 1.59. The van der Waals surface area contributed by atoms with Crippen molar-refractivity contribution in [1.29, 1.82) is 0 Å². The maximum Gasteiger partial charge on any atom is 0.158 e. The lowest BCUT2D eigenvalue weighted by Crippen LogP contribution is -2.04. The minimum Gasteiger partial charge on any atom is -0.378 e. The Labute approximate surface area is 86.4 Å². The maximum absolute atomic E-state index is 13.0. The Morgan fingerprint density at radius 1 is 1.57 bits per heavy atom. The summed E-state index contributed by atoms with van der Waals surface area (Å²) in [6.07, 6.45) is 1.83. The molecule has 0 fully saturated rings. The van der Waals surface area contributed by atoms with Crippen LogP contribution in [-0.2, 0) is 6.54 Å². The zero-order valence-electron chi connectivity index (χ0n) is 7.83. The maximum atomic E-state index is 13.0. The molecule has 1 rings (SSSR count). The minimum atomic E-state index is -0.311. The Morgan fingerprint density at radius 2 is 2.29 bits per heavy atom. The number of halogens is 1. The molecule has 3 nitrogen and oxygen atoms in total. The van der Waals surface area contributed by atoms with Gasteiger partial charge < -0.3 is 11.5 Å². The normalized spacial score (nSPS) is 11.8. The molecule has 14 heavy (non-hydrogen) atoms. The first kappa shape index (κ1) is 11.0. The molecule has 76 valence electrons. The molecule has 5 heteroatoms. The van der Waals surface area contributed by atoms with E-state index in [4.69, 9.17) is 11.5 Å². The van der Waals surface area contributed by atoms with Gasteiger partial charge in [0.15, 0.2) is 5.17 Å². The van der Waals surface area contributed by atoms with E-state index < -0.39 is 0 Å². The molecular weight excluding hydrogens is 201 g/mol. The molecule has 0 aromatic heterocycles. The van der Waals surface area contributed by atoms with Crippen LogP contribution in [-0.4, -0.2) is 11.4 Å². The third kappa shape index (κ3) is 2.71. The Hall–Kier alpha value is -1.07. The summed E-state index contributed by atoms with van der Waals surface area (Å²) in [5, 5.41) is 0.444. The van der Waals surface area contributed by atoms with E-state index in [9.17, 15) is 4.39 Å². The van der Waals surface area contributed by atoms with Gasteiger partial charge in [-0.25, -0.2) is 9.38 Å². The lowest BCUT2D eigenvalue weighted by molar-refractivity contribution is 0.611. The van der Waals surface area contributed by atoms with Gasteiger partial charge >= 0.3 is 0 Å². The molecule has 0 atom stereocenters. The standard InChI is InChI=1S/C9H12FN3S/c1-14-9(12)13-7-2-3-8(10)6(4-7)5-11/h2-4H,5,11H2,1H3,(H2,12,13). The molecule has 0 saturated heterocycles. The summed E-state index contributed by atoms with van der Waals surface area (Å²) in [5.41, 5.74) is 11.9. The van der Waals surface area contributed by atoms with Crippen LogP contribution in [0.4, 0.5) is 10.1 Å². The van der Waals surface area contributed by atoms with Crippen LogP contribution in [0.1, 0.15) is 5.56 Å². The Bertz CT molecular complexity index is 352. The molecular formula is C9H12FN3S. The van der Waals surface area contributed by atoms with Crippen molar-refractivity contribution in [3.05, 3.63) is 29.6 Å². The topological polar surface area (TPSA) is 64.4 Å². The smallest absolute Gasteiger partial charge is 0.158 e. The summed E-state index contributed by atoms with van der Waals surface area (Å²) >= 11 is 1.34. The average molecular weight is 213 g/mol. The van der Waals surface area contributed by atoms with Crippen LogP contribution in [0.2, 0.25) is 0 Å². The third-order valence-corrected chi connectivity index (χ3v) is 2.21. The number of hydrogen-bond acceptors (Lipinski definition) is 3. The average Bonchev–Trinajstić information content (AvgIpc) is 2.20. The second-order valence-electron chi connectivity index (χ2n) is 2.63. The number of nitrogens with zero attached hydrogens (tertiary/aromatic N) is 1. The summed E-state index contributed by atoms with van der Waals surface area (Å²) in [4.78, 5) is 4.06. The largest absolute Gasteiger partial charge is 0.378 e. The fraction of sp³-hybridized carbons (Fsp3) is 0.222. The molecule has 0 aliphatic rings. The Morgan fingerprint density at radius 3 is 2.86 bits per heavy atom. The summed E-state index contributed by atoms with van der Waals surface area (Å²) in [6.45, 7) is 0.161. The van der Waals surface area contributed by atoms with E-state index in [1.54, 1.807) is 12.1 Å². The van der Waals surface area contributed by atoms with Crippen LogP contribution >= 0.6 is 11.8 Å². The van der Waals surface area contributed by atoms with Gasteiger partial charge in [0.2, 0.25) is 0 Å². The van der Waals surface area contributed by atoms with Crippen LogP contribution in [0, 0.1) is 5.82 Å². The number of nitrogens with two attached hydrogens (primary N) is 2. The molecule has 0 saturated carbocycles. The summed E-state index contributed by atoms with van der Waals surface area (Å²) < 4.78 is 13.0. The highest BCUT2D eigenvalue weighted by atomic mass is 32.2. The monoisotopic (exact) mass is 213 g/mol. The molecule has 1 aromatic rings. The van der Waals surface area contributed by atoms with Gasteiger partial charge in [0.05, 0.1) is 5.69 Å². The zero-order valence-corrected chi connectivity index (χ0v) is 8.64. The SMILES string of the molecule is CSC(N)=Nc1ccc(F)c(CN)c1. The van der Waals surface area contributed by atoms with Crippen LogP contribution in [0.15, 0.2) is 23.2 Å². The van der Waals surface area contributed by atoms with Crippen LogP contribution in [0.5, 0.6) is 0 Å². The van der Waals surface area contributed by atoms with E-state index in [-0.39, 0.29) is 12.4 Å². The van der Waals surface area contributed by atoms with E-state index in [1.165, 1.54) is 17.8 Å². The number of thioether (sulfide) groups is 1. The van der Waals surface area contributed by atoms with Crippen LogP contribution in [0.25, 0.3) is 0 Å². The Kier molecular flexibility index (Phi) is 3.91. The molecule has 0 radical (unpaired) electrons. The van der Waals surface area contributed by atoms with E-state index in [1.807, 2.05) is 6.26 Å². The van der Waals surface area contributed by atoms with E-state index in [0.29, 0.717) is 16.4 Å². The lowest BCUT2D eigenvalue weighted by atomic mass is 10.2. The summed E-state index contributed by atoms with van der Waals surface area (Å²) in [5.74, 6) is -0.311. The predicted molar refractivity (Wildman–Crippen MR) is 59.1 cm³/mol. The molecule has 0 aliphatic carbocycles. The van der Waals surface area contributed by atoms with Gasteiger partial charge in [-0.3, -0.25) is 0 Å². The molecule has 4 N–H and O–H groups in total. The first-order valence-corrected chi connectivity index (χ1v) is 5.26. The third-order valence-electron chi connectivity index (χ3n) is 1.70. The first-order chi connectivity index (χ1) is 6.67. The lowest BCUT2D eigenvalue weighted by Gasteiger charge is -2.01. The molecule has 0 aliphatic heterocycles. The molecule has 0 heterocycles. The van der Waals surface area contributed by atoms with Gasteiger partial charge in [-0.1, -0.05) is 11.8 Å². The van der Waals surface area contributed by atoms with Crippen molar-refractivity contribution in [3.63, 3.8) is 0 Å². The minimum absolute atomic E-state index is 0.161. The molecule has 0 amide bonds. The summed E-state index contributed by atoms with van der Waals surface area (Å²) in [6, 6.07) is 4.50. The number of amidine groups is 1. The van der Waals surface area contributed by atoms with Gasteiger partial charge in [-0.2, -0.15) is 0 Å². The molecule has 0 bridgehead atoms. The highest BCUT2D eigenvalue weighted by Crippen LogP contribution is 2.17. The van der Waals surface area contributed by atoms with Gasteiger partial charge in [-0.15, -0.1) is 0 Å². The number of rotatable bonds is 2. The number of aliphatic imine (C=N–C) groups is 1. The number of hydrogen-bond donors (Lipinski definition) is 2. The molecule has 0 spiro atoms. The second-order valence-corrected chi connectivity index (χ2v) is 3.46. The van der Waals surface area contributed by atoms with Gasteiger partial charge in [0, 0.05) is 12.1 Å². The number of benzene rings is 1. The summed E-state index contributed by atoms with van der Waals surface area (Å²) in [7, 11) is 0. The van der Waals surface area contributed by atoms with E-state index >= 15 is 0 Å². The van der Waals surface area contributed by atoms with Crippen molar-refractivity contribution in [2.24, 2.45) is 16.5 Å². The van der Waals surface area contributed by atoms with Crippen molar-refractivity contribution in [3.8, 4) is 0 Å². The van der Waals surface area contributed by atoms with Gasteiger partial charge in [0.25, 0.3) is 0 Å². The first-order valence-electron chi connectivity index (χ1n) is 4.04. The van der Waals surface area contributed by atoms with Crippen molar-refractivity contribution in [2.45, 2.75) is 6.54 Å². The van der Waals surface area contributed by atoms with Crippen LogP contribution in [0.3, 0.4) is 0 Å². The van der Waals surface area contributed by atoms with Crippen molar-refractivity contribution in [1.82, 2.24) is 0 Å². The van der Waals surface area contributed by atoms with Crippen LogP contribution < -0.4 is 11.5 Å². The molecule has 0 unspecified atom stereocenters. The zero-order chi connectivity index (χ0) is 10.6. The highest BCUT2D eigenvalue weighted by molar-refractivity contribution is 8.13. The fourth-order valence-electron chi connectivity index (χ4n) is 0.960. The quantitative estimate of drug-likeness (QED) is 0.579. The van der Waals surface area contributed by atoms with Crippen molar-refractivity contribution in [2.75, 3.05) is 6.26 Å².